The Balaban J connectivity index is 1.56. The van der Waals surface area contributed by atoms with Crippen LogP contribution in [0.1, 0.15) is 31.2 Å². The van der Waals surface area contributed by atoms with Gasteiger partial charge in [0.05, 0.1) is 13.2 Å². The first-order chi connectivity index (χ1) is 12.1. The van der Waals surface area contributed by atoms with Crippen LogP contribution in [0, 0.1) is 11.8 Å². The van der Waals surface area contributed by atoms with Crippen LogP contribution in [0.5, 0.6) is 0 Å². The number of hydrogen-bond acceptors (Lipinski definition) is 4. The van der Waals surface area contributed by atoms with E-state index < -0.39 is 17.8 Å². The Morgan fingerprint density at radius 1 is 1.08 bits per heavy atom. The van der Waals surface area contributed by atoms with Crippen molar-refractivity contribution in [1.82, 2.24) is 0 Å². The standard InChI is InChI=1S/C19H26N2O4/c22-18(16-3-1-2-4-17(16)19(23)24)20-15-7-5-14(6-8-15)13-21-9-11-25-12-10-21/h5-8,16-17H,1-4,9-13H2,(H,20,22)(H,23,24)/t16-,17-/m1/s1. The van der Waals surface area contributed by atoms with E-state index >= 15 is 0 Å². The number of carboxylic acid groups (broad SMARTS) is 1. The Hall–Kier alpha value is -1.92. The van der Waals surface area contributed by atoms with Crippen LogP contribution in [0.4, 0.5) is 5.69 Å². The lowest BCUT2D eigenvalue weighted by Gasteiger charge is -2.31. The minimum Gasteiger partial charge on any atom is -0.550 e. The van der Waals surface area contributed by atoms with Crippen LogP contribution in [-0.4, -0.2) is 38.2 Å². The molecule has 6 heteroatoms. The van der Waals surface area contributed by atoms with Gasteiger partial charge in [0.2, 0.25) is 5.91 Å². The number of carbonyl (C=O) groups excluding carboxylic acids is 2. The molecule has 25 heavy (non-hydrogen) atoms. The molecule has 0 radical (unpaired) electrons. The quantitative estimate of drug-likeness (QED) is 0.760. The molecule has 1 aromatic carbocycles. The summed E-state index contributed by atoms with van der Waals surface area (Å²) in [6.07, 6.45) is 2.88. The number of quaternary nitrogens is 1. The van der Waals surface area contributed by atoms with E-state index in [4.69, 9.17) is 4.74 Å². The number of nitrogens with one attached hydrogen (secondary N) is 2. The zero-order chi connectivity index (χ0) is 17.6. The summed E-state index contributed by atoms with van der Waals surface area (Å²) in [6, 6.07) is 7.83. The van der Waals surface area contributed by atoms with Gasteiger partial charge in [-0.2, -0.15) is 0 Å². The lowest BCUT2D eigenvalue weighted by atomic mass is 9.78. The summed E-state index contributed by atoms with van der Waals surface area (Å²) < 4.78 is 5.37. The smallest absolute Gasteiger partial charge is 0.228 e. The third-order valence-electron chi connectivity index (χ3n) is 5.28. The highest BCUT2D eigenvalue weighted by Gasteiger charge is 2.31. The van der Waals surface area contributed by atoms with Crippen molar-refractivity contribution in [2.45, 2.75) is 32.2 Å². The molecule has 0 spiro atoms. The van der Waals surface area contributed by atoms with Crippen LogP contribution < -0.4 is 15.3 Å². The number of ether oxygens (including phenoxy) is 1. The lowest BCUT2D eigenvalue weighted by Crippen LogP contribution is -3.12. The Labute approximate surface area is 148 Å². The molecule has 1 aliphatic heterocycles. The molecule has 1 heterocycles. The van der Waals surface area contributed by atoms with Crippen LogP contribution in [0.25, 0.3) is 0 Å². The van der Waals surface area contributed by atoms with Gasteiger partial charge in [-0.15, -0.1) is 0 Å². The average molecular weight is 346 g/mol. The van der Waals surface area contributed by atoms with Crippen molar-refractivity contribution in [2.75, 3.05) is 31.6 Å². The number of carbonyl (C=O) groups is 2. The molecule has 2 aliphatic rings. The van der Waals surface area contributed by atoms with Gasteiger partial charge < -0.3 is 24.9 Å². The highest BCUT2D eigenvalue weighted by Crippen LogP contribution is 2.30. The molecule has 1 saturated heterocycles. The fourth-order valence-corrected chi connectivity index (χ4v) is 3.79. The molecule has 0 unspecified atom stereocenters. The van der Waals surface area contributed by atoms with Gasteiger partial charge in [-0.3, -0.25) is 4.79 Å². The third kappa shape index (κ3) is 4.80. The number of hydrogen-bond donors (Lipinski definition) is 2. The van der Waals surface area contributed by atoms with E-state index in [9.17, 15) is 14.7 Å². The summed E-state index contributed by atoms with van der Waals surface area (Å²) in [6.45, 7) is 4.61. The Morgan fingerprint density at radius 3 is 2.36 bits per heavy atom. The number of benzene rings is 1. The van der Waals surface area contributed by atoms with Crippen molar-refractivity contribution >= 4 is 17.6 Å². The van der Waals surface area contributed by atoms with Crippen molar-refractivity contribution in [1.29, 1.82) is 0 Å². The fraction of sp³-hybridized carbons (Fsp3) is 0.579. The number of aliphatic carboxylic acids is 1. The highest BCUT2D eigenvalue weighted by atomic mass is 16.5. The van der Waals surface area contributed by atoms with Crippen molar-refractivity contribution in [3.63, 3.8) is 0 Å². The predicted octanol–water partition coefficient (Wildman–Crippen LogP) is -0.403. The molecule has 0 bridgehead atoms. The second kappa shape index (κ2) is 8.45. The number of carboxylic acids is 1. The maximum absolute atomic E-state index is 12.5. The largest absolute Gasteiger partial charge is 0.550 e. The molecule has 1 amide bonds. The van der Waals surface area contributed by atoms with E-state index in [-0.39, 0.29) is 5.91 Å². The molecule has 136 valence electrons. The minimum absolute atomic E-state index is 0.208. The van der Waals surface area contributed by atoms with Crippen molar-refractivity contribution in [3.05, 3.63) is 29.8 Å². The molecule has 1 aliphatic carbocycles. The molecular formula is C19H26N2O4. The summed E-state index contributed by atoms with van der Waals surface area (Å²) in [4.78, 5) is 25.2. The van der Waals surface area contributed by atoms with Gasteiger partial charge in [-0.1, -0.05) is 25.0 Å². The van der Waals surface area contributed by atoms with E-state index in [2.05, 4.69) is 5.32 Å². The fourth-order valence-electron chi connectivity index (χ4n) is 3.79. The van der Waals surface area contributed by atoms with Gasteiger partial charge in [0.25, 0.3) is 0 Å². The van der Waals surface area contributed by atoms with Crippen LogP contribution in [0.2, 0.25) is 0 Å². The average Bonchev–Trinajstić information content (AvgIpc) is 2.64. The first-order valence-corrected chi connectivity index (χ1v) is 9.15. The summed E-state index contributed by atoms with van der Waals surface area (Å²) in [5.74, 6) is -2.47. The Morgan fingerprint density at radius 2 is 1.72 bits per heavy atom. The van der Waals surface area contributed by atoms with Gasteiger partial charge in [0.1, 0.15) is 19.6 Å². The zero-order valence-corrected chi connectivity index (χ0v) is 14.5. The molecule has 3 rings (SSSR count). The van der Waals surface area contributed by atoms with Crippen LogP contribution >= 0.6 is 0 Å². The van der Waals surface area contributed by atoms with E-state index in [1.54, 1.807) is 0 Å². The molecule has 2 N–H and O–H groups in total. The minimum atomic E-state index is -1.11. The first-order valence-electron chi connectivity index (χ1n) is 9.15. The Kier molecular flexibility index (Phi) is 6.04. The number of morpholine rings is 1. The van der Waals surface area contributed by atoms with Gasteiger partial charge in [0.15, 0.2) is 0 Å². The topological polar surface area (TPSA) is 82.9 Å². The third-order valence-corrected chi connectivity index (χ3v) is 5.28. The summed E-state index contributed by atoms with van der Waals surface area (Å²) in [5.41, 5.74) is 1.94. The van der Waals surface area contributed by atoms with Crippen molar-refractivity contribution in [3.8, 4) is 0 Å². The van der Waals surface area contributed by atoms with Crippen LogP contribution in [-0.2, 0) is 20.9 Å². The van der Waals surface area contributed by atoms with Gasteiger partial charge in [-0.25, -0.2) is 0 Å². The highest BCUT2D eigenvalue weighted by molar-refractivity contribution is 5.95. The molecular weight excluding hydrogens is 320 g/mol. The first kappa shape index (κ1) is 17.9. The van der Waals surface area contributed by atoms with E-state index in [0.29, 0.717) is 18.5 Å². The SMILES string of the molecule is O=C([O-])[C@@H]1CCCC[C@H]1C(=O)Nc1ccc(C[NH+]2CCOCC2)cc1. The van der Waals surface area contributed by atoms with E-state index in [0.717, 1.165) is 45.7 Å². The van der Waals surface area contributed by atoms with E-state index in [1.165, 1.54) is 10.5 Å². The maximum atomic E-state index is 12.5. The molecule has 1 aromatic rings. The van der Waals surface area contributed by atoms with Gasteiger partial charge in [-0.05, 0) is 25.0 Å². The number of rotatable bonds is 5. The second-order valence-corrected chi connectivity index (χ2v) is 7.04. The lowest BCUT2D eigenvalue weighted by molar-refractivity contribution is -0.921. The summed E-state index contributed by atoms with van der Waals surface area (Å²) in [5, 5.41) is 14.1. The predicted molar refractivity (Wildman–Crippen MR) is 90.7 cm³/mol. The normalized spacial score (nSPS) is 24.6. The molecule has 2 atom stereocenters. The molecule has 1 saturated carbocycles. The van der Waals surface area contributed by atoms with Crippen molar-refractivity contribution < 1.29 is 24.3 Å². The number of amides is 1. The van der Waals surface area contributed by atoms with Gasteiger partial charge in [0, 0.05) is 29.1 Å². The second-order valence-electron chi connectivity index (χ2n) is 7.04. The number of anilines is 1. The summed E-state index contributed by atoms with van der Waals surface area (Å²) >= 11 is 0. The summed E-state index contributed by atoms with van der Waals surface area (Å²) in [7, 11) is 0. The zero-order valence-electron chi connectivity index (χ0n) is 14.5. The molecule has 2 fully saturated rings. The van der Waals surface area contributed by atoms with Crippen LogP contribution in [0.15, 0.2) is 24.3 Å². The maximum Gasteiger partial charge on any atom is 0.228 e. The monoisotopic (exact) mass is 346 g/mol. The van der Waals surface area contributed by atoms with Crippen molar-refractivity contribution in [2.24, 2.45) is 11.8 Å². The van der Waals surface area contributed by atoms with Crippen LogP contribution in [0.3, 0.4) is 0 Å². The van der Waals surface area contributed by atoms with E-state index in [1.807, 2.05) is 24.3 Å². The molecule has 0 aromatic heterocycles. The Bertz CT molecular complexity index is 596. The van der Waals surface area contributed by atoms with Gasteiger partial charge >= 0.3 is 0 Å². The molecule has 6 nitrogen and oxygen atoms in total.